The molecule has 0 aromatic carbocycles. The number of nitrogens with one attached hydrogen (secondary N) is 1. The van der Waals surface area contributed by atoms with E-state index >= 15 is 0 Å². The van der Waals surface area contributed by atoms with Crippen LogP contribution in [0.5, 0.6) is 0 Å². The Hall–Kier alpha value is -1.74. The van der Waals surface area contributed by atoms with Crippen LogP contribution in [0, 0.1) is 0 Å². The topological polar surface area (TPSA) is 84.7 Å². The maximum Gasteiger partial charge on any atom is 0.317 e. The summed E-state index contributed by atoms with van der Waals surface area (Å²) < 4.78 is 7.05. The van der Waals surface area contributed by atoms with E-state index in [1.165, 1.54) is 24.2 Å². The van der Waals surface area contributed by atoms with Gasteiger partial charge in [-0.1, -0.05) is 11.3 Å². The molecule has 2 fully saturated rings. The Balaban J connectivity index is 1.41. The third-order valence-corrected chi connectivity index (χ3v) is 4.59. The summed E-state index contributed by atoms with van der Waals surface area (Å²) in [5, 5.41) is 16.6. The molecule has 1 saturated carbocycles. The average molecular weight is 308 g/mol. The Labute approximate surface area is 125 Å². The van der Waals surface area contributed by atoms with E-state index in [-0.39, 0.29) is 6.03 Å². The number of fused-ring (bicyclic) bond motifs is 1. The van der Waals surface area contributed by atoms with Crippen LogP contribution in [0.3, 0.4) is 0 Å². The second kappa shape index (κ2) is 5.23. The fourth-order valence-electron chi connectivity index (χ4n) is 2.37. The number of hydrogen-bond donors (Lipinski definition) is 1. The monoisotopic (exact) mass is 308 g/mol. The first kappa shape index (κ1) is 13.0. The van der Waals surface area contributed by atoms with Gasteiger partial charge in [0.05, 0.1) is 19.8 Å². The third-order valence-electron chi connectivity index (χ3n) is 3.69. The van der Waals surface area contributed by atoms with Crippen LogP contribution in [-0.2, 0) is 11.3 Å². The van der Waals surface area contributed by atoms with Crippen LogP contribution in [0.1, 0.15) is 29.6 Å². The number of carbonyl (C=O) groups excluding carboxylic acids is 1. The molecular weight excluding hydrogens is 292 g/mol. The molecule has 0 unspecified atom stereocenters. The summed E-state index contributed by atoms with van der Waals surface area (Å²) in [4.78, 5) is 14.6. The molecule has 2 aliphatic rings. The molecular formula is C12H16N6O2S. The van der Waals surface area contributed by atoms with Gasteiger partial charge in [0.15, 0.2) is 5.82 Å². The number of carbonyl (C=O) groups is 1. The lowest BCUT2D eigenvalue weighted by molar-refractivity contribution is 0.0531. The van der Waals surface area contributed by atoms with Gasteiger partial charge in [-0.25, -0.2) is 4.79 Å². The van der Waals surface area contributed by atoms with Crippen LogP contribution in [0.25, 0.3) is 4.96 Å². The van der Waals surface area contributed by atoms with Gasteiger partial charge >= 0.3 is 6.03 Å². The molecule has 8 nitrogen and oxygen atoms in total. The molecule has 0 spiro atoms. The second-order valence-corrected chi connectivity index (χ2v) is 6.32. The number of nitrogens with zero attached hydrogens (tertiary/aromatic N) is 5. The van der Waals surface area contributed by atoms with Gasteiger partial charge in [0.2, 0.25) is 4.96 Å². The molecule has 9 heteroatoms. The molecule has 2 aromatic rings. The zero-order valence-electron chi connectivity index (χ0n) is 11.5. The third kappa shape index (κ3) is 2.58. The summed E-state index contributed by atoms with van der Waals surface area (Å²) in [6.45, 7) is 2.92. The summed E-state index contributed by atoms with van der Waals surface area (Å²) in [6, 6.07) is -0.0633. The Morgan fingerprint density at radius 3 is 2.90 bits per heavy atom. The minimum absolute atomic E-state index is 0.0633. The normalized spacial score (nSPS) is 19.1. The van der Waals surface area contributed by atoms with Gasteiger partial charge in [-0.2, -0.15) is 9.61 Å². The van der Waals surface area contributed by atoms with Crippen LogP contribution in [0.15, 0.2) is 0 Å². The van der Waals surface area contributed by atoms with Crippen LogP contribution >= 0.6 is 11.3 Å². The second-order valence-electron chi connectivity index (χ2n) is 5.28. The first-order valence-electron chi connectivity index (χ1n) is 7.13. The van der Waals surface area contributed by atoms with E-state index in [0.29, 0.717) is 38.8 Å². The zero-order chi connectivity index (χ0) is 14.2. The summed E-state index contributed by atoms with van der Waals surface area (Å²) in [6.07, 6.45) is 2.34. The number of aromatic nitrogens is 4. The number of rotatable bonds is 3. The SMILES string of the molecule is O=C(NCc1nn2c(C3CC3)nnc2s1)N1CCOCC1. The van der Waals surface area contributed by atoms with Crippen molar-refractivity contribution in [2.75, 3.05) is 26.3 Å². The molecule has 3 heterocycles. The van der Waals surface area contributed by atoms with Crippen LogP contribution < -0.4 is 5.32 Å². The van der Waals surface area contributed by atoms with Crippen molar-refractivity contribution < 1.29 is 9.53 Å². The van der Waals surface area contributed by atoms with E-state index < -0.39 is 0 Å². The van der Waals surface area contributed by atoms with Gasteiger partial charge in [-0.15, -0.1) is 10.2 Å². The van der Waals surface area contributed by atoms with Crippen molar-refractivity contribution in [1.29, 1.82) is 0 Å². The van der Waals surface area contributed by atoms with Crippen molar-refractivity contribution in [3.63, 3.8) is 0 Å². The Morgan fingerprint density at radius 2 is 2.14 bits per heavy atom. The Bertz CT molecular complexity index is 658. The van der Waals surface area contributed by atoms with E-state index in [1.54, 1.807) is 4.90 Å². The van der Waals surface area contributed by atoms with E-state index in [2.05, 4.69) is 20.6 Å². The number of ether oxygens (including phenoxy) is 1. The predicted octanol–water partition coefficient (Wildman–Crippen LogP) is 0.605. The summed E-state index contributed by atoms with van der Waals surface area (Å²) in [5.41, 5.74) is 0. The van der Waals surface area contributed by atoms with Crippen molar-refractivity contribution in [2.24, 2.45) is 0 Å². The van der Waals surface area contributed by atoms with E-state index in [9.17, 15) is 4.79 Å². The molecule has 112 valence electrons. The molecule has 4 rings (SSSR count). The lowest BCUT2D eigenvalue weighted by Crippen LogP contribution is -2.45. The molecule has 1 saturated heterocycles. The molecule has 2 amide bonds. The van der Waals surface area contributed by atoms with Crippen LogP contribution in [-0.4, -0.2) is 57.0 Å². The van der Waals surface area contributed by atoms with Crippen molar-refractivity contribution in [2.45, 2.75) is 25.3 Å². The van der Waals surface area contributed by atoms with Crippen molar-refractivity contribution in [3.8, 4) is 0 Å². The maximum atomic E-state index is 12.0. The molecule has 0 radical (unpaired) electrons. The molecule has 1 aliphatic heterocycles. The van der Waals surface area contributed by atoms with Gasteiger partial charge in [-0.05, 0) is 12.8 Å². The average Bonchev–Trinajstić information content (AvgIpc) is 3.16. The van der Waals surface area contributed by atoms with Gasteiger partial charge in [0.25, 0.3) is 0 Å². The number of hydrogen-bond acceptors (Lipinski definition) is 6. The number of amides is 2. The quantitative estimate of drug-likeness (QED) is 0.898. The van der Waals surface area contributed by atoms with E-state index in [4.69, 9.17) is 4.74 Å². The van der Waals surface area contributed by atoms with Gasteiger partial charge in [0.1, 0.15) is 5.01 Å². The Kier molecular flexibility index (Phi) is 3.23. The van der Waals surface area contributed by atoms with Crippen LogP contribution in [0.2, 0.25) is 0 Å². The van der Waals surface area contributed by atoms with Crippen molar-refractivity contribution >= 4 is 22.3 Å². The molecule has 0 atom stereocenters. The predicted molar refractivity (Wildman–Crippen MR) is 75.3 cm³/mol. The first-order chi connectivity index (χ1) is 10.3. The largest absolute Gasteiger partial charge is 0.378 e. The summed E-state index contributed by atoms with van der Waals surface area (Å²) in [7, 11) is 0. The van der Waals surface area contributed by atoms with Crippen molar-refractivity contribution in [1.82, 2.24) is 30.0 Å². The fraction of sp³-hybridized carbons (Fsp3) is 0.667. The lowest BCUT2D eigenvalue weighted by Gasteiger charge is -2.26. The molecule has 21 heavy (non-hydrogen) atoms. The maximum absolute atomic E-state index is 12.0. The van der Waals surface area contributed by atoms with Crippen molar-refractivity contribution in [3.05, 3.63) is 10.8 Å². The van der Waals surface area contributed by atoms with E-state index in [0.717, 1.165) is 15.8 Å². The number of morpholine rings is 1. The van der Waals surface area contributed by atoms with Crippen LogP contribution in [0.4, 0.5) is 4.79 Å². The molecule has 0 bridgehead atoms. The first-order valence-corrected chi connectivity index (χ1v) is 7.94. The molecule has 1 aliphatic carbocycles. The fourth-order valence-corrected chi connectivity index (χ4v) is 3.15. The molecule has 1 N–H and O–H groups in total. The molecule has 2 aromatic heterocycles. The van der Waals surface area contributed by atoms with Gasteiger partial charge in [0, 0.05) is 19.0 Å². The standard InChI is InChI=1S/C12H16N6O2S/c19-11(17-3-5-20-6-4-17)13-7-9-16-18-10(8-1-2-8)14-15-12(18)21-9/h8H,1-7H2,(H,13,19). The lowest BCUT2D eigenvalue weighted by atomic mass is 10.4. The zero-order valence-corrected chi connectivity index (χ0v) is 12.3. The highest BCUT2D eigenvalue weighted by molar-refractivity contribution is 7.16. The van der Waals surface area contributed by atoms with Gasteiger partial charge in [-0.3, -0.25) is 0 Å². The highest BCUT2D eigenvalue weighted by Gasteiger charge is 2.30. The summed E-state index contributed by atoms with van der Waals surface area (Å²) in [5.74, 6) is 1.46. The minimum Gasteiger partial charge on any atom is -0.378 e. The summed E-state index contributed by atoms with van der Waals surface area (Å²) >= 11 is 1.47. The highest BCUT2D eigenvalue weighted by atomic mass is 32.1. The number of urea groups is 1. The smallest absolute Gasteiger partial charge is 0.317 e. The minimum atomic E-state index is -0.0633. The highest BCUT2D eigenvalue weighted by Crippen LogP contribution is 2.39. The van der Waals surface area contributed by atoms with Gasteiger partial charge < -0.3 is 15.0 Å². The van der Waals surface area contributed by atoms with E-state index in [1.807, 2.05) is 4.52 Å². The Morgan fingerprint density at radius 1 is 1.33 bits per heavy atom.